The SMILES string of the molecule is CCOc1cc(Cl)c(C#CCN2CCNCC2)cc1Cl. The van der Waals surface area contributed by atoms with E-state index in [4.69, 9.17) is 27.9 Å². The highest BCUT2D eigenvalue weighted by molar-refractivity contribution is 6.35. The van der Waals surface area contributed by atoms with E-state index in [0.29, 0.717) is 22.4 Å². The van der Waals surface area contributed by atoms with Gasteiger partial charge in [0.15, 0.2) is 0 Å². The zero-order valence-corrected chi connectivity index (χ0v) is 13.0. The number of nitrogens with one attached hydrogen (secondary N) is 1. The summed E-state index contributed by atoms with van der Waals surface area (Å²) in [5.41, 5.74) is 0.746. The molecule has 1 aliphatic rings. The Hall–Kier alpha value is -0.920. The lowest BCUT2D eigenvalue weighted by atomic mass is 10.2. The summed E-state index contributed by atoms with van der Waals surface area (Å²) in [7, 11) is 0. The van der Waals surface area contributed by atoms with E-state index in [9.17, 15) is 0 Å². The molecule has 1 saturated heterocycles. The van der Waals surface area contributed by atoms with Crippen LogP contribution in [0.15, 0.2) is 12.1 Å². The van der Waals surface area contributed by atoms with E-state index in [1.54, 1.807) is 12.1 Å². The van der Waals surface area contributed by atoms with Crippen molar-refractivity contribution >= 4 is 23.2 Å². The fourth-order valence-electron chi connectivity index (χ4n) is 2.01. The fraction of sp³-hybridized carbons (Fsp3) is 0.467. The first-order valence-electron chi connectivity index (χ1n) is 6.74. The van der Waals surface area contributed by atoms with Gasteiger partial charge in [-0.2, -0.15) is 0 Å². The lowest BCUT2D eigenvalue weighted by molar-refractivity contribution is 0.268. The van der Waals surface area contributed by atoms with Crippen LogP contribution >= 0.6 is 23.2 Å². The van der Waals surface area contributed by atoms with Crippen molar-refractivity contribution in [3.63, 3.8) is 0 Å². The first kappa shape index (κ1) is 15.5. The second-order valence-corrected chi connectivity index (χ2v) is 5.34. The first-order chi connectivity index (χ1) is 9.70. The van der Waals surface area contributed by atoms with Crippen LogP contribution in [0.3, 0.4) is 0 Å². The highest BCUT2D eigenvalue weighted by Crippen LogP contribution is 2.30. The molecule has 5 heteroatoms. The minimum absolute atomic E-state index is 0.544. The Morgan fingerprint density at radius 3 is 2.70 bits per heavy atom. The maximum absolute atomic E-state index is 6.19. The molecular weight excluding hydrogens is 295 g/mol. The van der Waals surface area contributed by atoms with Gasteiger partial charge in [-0.05, 0) is 13.0 Å². The summed E-state index contributed by atoms with van der Waals surface area (Å²) in [6.07, 6.45) is 0. The van der Waals surface area contributed by atoms with Gasteiger partial charge >= 0.3 is 0 Å². The molecule has 1 aromatic carbocycles. The van der Waals surface area contributed by atoms with Crippen molar-refractivity contribution < 1.29 is 4.74 Å². The van der Waals surface area contributed by atoms with Gasteiger partial charge < -0.3 is 10.1 Å². The van der Waals surface area contributed by atoms with Crippen LogP contribution in [-0.2, 0) is 0 Å². The normalized spacial score (nSPS) is 15.6. The summed E-state index contributed by atoms with van der Waals surface area (Å²) in [5.74, 6) is 6.85. The molecule has 2 rings (SSSR count). The molecule has 0 aliphatic carbocycles. The third kappa shape index (κ3) is 4.29. The van der Waals surface area contributed by atoms with Crippen molar-refractivity contribution in [3.05, 3.63) is 27.7 Å². The van der Waals surface area contributed by atoms with Crippen LogP contribution in [0.4, 0.5) is 0 Å². The molecule has 3 nitrogen and oxygen atoms in total. The van der Waals surface area contributed by atoms with Gasteiger partial charge in [-0.1, -0.05) is 35.0 Å². The van der Waals surface area contributed by atoms with Crippen molar-refractivity contribution in [2.24, 2.45) is 0 Å². The maximum atomic E-state index is 6.19. The molecule has 1 heterocycles. The van der Waals surface area contributed by atoms with Crippen LogP contribution in [0.5, 0.6) is 5.75 Å². The van der Waals surface area contributed by atoms with Crippen LogP contribution < -0.4 is 10.1 Å². The molecule has 0 spiro atoms. The van der Waals surface area contributed by atoms with Crippen molar-refractivity contribution in [2.75, 3.05) is 39.3 Å². The molecule has 1 N–H and O–H groups in total. The van der Waals surface area contributed by atoms with Crippen molar-refractivity contribution in [1.82, 2.24) is 10.2 Å². The van der Waals surface area contributed by atoms with E-state index in [1.165, 1.54) is 0 Å². The number of hydrogen-bond donors (Lipinski definition) is 1. The standard InChI is InChI=1S/C15H18Cl2N2O/c1-2-20-15-11-13(16)12(10-14(15)17)4-3-7-19-8-5-18-6-9-19/h10-11,18H,2,5-9H2,1H3. The molecule has 0 bridgehead atoms. The minimum Gasteiger partial charge on any atom is -0.492 e. The third-order valence-corrected chi connectivity index (χ3v) is 3.66. The number of nitrogens with zero attached hydrogens (tertiary/aromatic N) is 1. The van der Waals surface area contributed by atoms with Crippen molar-refractivity contribution in [3.8, 4) is 17.6 Å². The van der Waals surface area contributed by atoms with Gasteiger partial charge in [-0.25, -0.2) is 0 Å². The quantitative estimate of drug-likeness (QED) is 0.868. The van der Waals surface area contributed by atoms with Gasteiger partial charge in [0.2, 0.25) is 0 Å². The smallest absolute Gasteiger partial charge is 0.139 e. The molecule has 1 fully saturated rings. The Morgan fingerprint density at radius 1 is 1.25 bits per heavy atom. The monoisotopic (exact) mass is 312 g/mol. The second kappa shape index (κ2) is 7.75. The summed E-state index contributed by atoms with van der Waals surface area (Å²) >= 11 is 12.3. The van der Waals surface area contributed by atoms with E-state index in [0.717, 1.165) is 38.3 Å². The van der Waals surface area contributed by atoms with Crippen LogP contribution in [0, 0.1) is 11.8 Å². The maximum Gasteiger partial charge on any atom is 0.139 e. The predicted octanol–water partition coefficient (Wildman–Crippen LogP) is 2.65. The molecule has 1 aromatic rings. The number of benzene rings is 1. The summed E-state index contributed by atoms with van der Waals surface area (Å²) in [6, 6.07) is 3.49. The number of rotatable bonds is 3. The van der Waals surface area contributed by atoms with Crippen LogP contribution in [0.2, 0.25) is 10.0 Å². The Kier molecular flexibility index (Phi) is 6.00. The van der Waals surface area contributed by atoms with Crippen LogP contribution in [-0.4, -0.2) is 44.2 Å². The summed E-state index contributed by atoms with van der Waals surface area (Å²) in [4.78, 5) is 2.31. The predicted molar refractivity (Wildman–Crippen MR) is 83.8 cm³/mol. The average molecular weight is 313 g/mol. The molecule has 0 aromatic heterocycles. The van der Waals surface area contributed by atoms with Gasteiger partial charge in [0.25, 0.3) is 0 Å². The summed E-state index contributed by atoms with van der Waals surface area (Å²) in [6.45, 7) is 7.34. The van der Waals surface area contributed by atoms with Gasteiger partial charge in [0, 0.05) is 37.8 Å². The van der Waals surface area contributed by atoms with Crippen molar-refractivity contribution in [2.45, 2.75) is 6.92 Å². The van der Waals surface area contributed by atoms with Crippen molar-refractivity contribution in [1.29, 1.82) is 0 Å². The molecule has 1 aliphatic heterocycles. The first-order valence-corrected chi connectivity index (χ1v) is 7.50. The Balaban J connectivity index is 2.03. The highest BCUT2D eigenvalue weighted by atomic mass is 35.5. The van der Waals surface area contributed by atoms with Gasteiger partial charge in [0.05, 0.1) is 23.2 Å². The van der Waals surface area contributed by atoms with Gasteiger partial charge in [-0.3, -0.25) is 4.90 Å². The third-order valence-electron chi connectivity index (χ3n) is 3.06. The largest absolute Gasteiger partial charge is 0.492 e. The number of piperazine rings is 1. The summed E-state index contributed by atoms with van der Waals surface area (Å²) < 4.78 is 5.39. The lowest BCUT2D eigenvalue weighted by Gasteiger charge is -2.24. The topological polar surface area (TPSA) is 24.5 Å². The second-order valence-electron chi connectivity index (χ2n) is 4.52. The van der Waals surface area contributed by atoms with Gasteiger partial charge in [-0.15, -0.1) is 0 Å². The van der Waals surface area contributed by atoms with E-state index < -0.39 is 0 Å². The molecular formula is C15H18Cl2N2O. The Bertz CT molecular complexity index is 517. The van der Waals surface area contributed by atoms with E-state index >= 15 is 0 Å². The minimum atomic E-state index is 0.544. The highest BCUT2D eigenvalue weighted by Gasteiger charge is 2.08. The fourth-order valence-corrected chi connectivity index (χ4v) is 2.43. The number of ether oxygens (including phenoxy) is 1. The zero-order valence-electron chi connectivity index (χ0n) is 11.5. The van der Waals surface area contributed by atoms with E-state index in [2.05, 4.69) is 22.1 Å². The van der Waals surface area contributed by atoms with Gasteiger partial charge in [0.1, 0.15) is 5.75 Å². The molecule has 0 saturated carbocycles. The van der Waals surface area contributed by atoms with E-state index in [1.807, 2.05) is 6.92 Å². The van der Waals surface area contributed by atoms with E-state index in [-0.39, 0.29) is 0 Å². The zero-order chi connectivity index (χ0) is 14.4. The molecule has 0 amide bonds. The molecule has 0 radical (unpaired) electrons. The lowest BCUT2D eigenvalue weighted by Crippen LogP contribution is -2.43. The number of halogens is 2. The van der Waals surface area contributed by atoms with Crippen LogP contribution in [0.1, 0.15) is 12.5 Å². The molecule has 20 heavy (non-hydrogen) atoms. The summed E-state index contributed by atoms with van der Waals surface area (Å²) in [5, 5.41) is 4.43. The molecule has 108 valence electrons. The molecule has 0 unspecified atom stereocenters. The average Bonchev–Trinajstić information content (AvgIpc) is 2.45. The van der Waals surface area contributed by atoms with Crippen LogP contribution in [0.25, 0.3) is 0 Å². The molecule has 0 atom stereocenters. The Labute approximate surface area is 130 Å². The number of hydrogen-bond acceptors (Lipinski definition) is 3. The Morgan fingerprint density at radius 2 is 2.00 bits per heavy atom.